The number of rotatable bonds is 5. The maximum Gasteiger partial charge on any atom is 0.244 e. The summed E-state index contributed by atoms with van der Waals surface area (Å²) >= 11 is 0. The first-order valence-corrected chi connectivity index (χ1v) is 7.13. The van der Waals surface area contributed by atoms with E-state index < -0.39 is 0 Å². The van der Waals surface area contributed by atoms with Gasteiger partial charge in [-0.2, -0.15) is 0 Å². The lowest BCUT2D eigenvalue weighted by molar-refractivity contribution is -0.116. The summed E-state index contributed by atoms with van der Waals surface area (Å²) < 4.78 is 0. The molecule has 21 heavy (non-hydrogen) atoms. The molecule has 0 radical (unpaired) electrons. The van der Waals surface area contributed by atoms with Gasteiger partial charge in [-0.1, -0.05) is 18.2 Å². The van der Waals surface area contributed by atoms with Crippen molar-refractivity contribution in [2.75, 3.05) is 13.2 Å². The van der Waals surface area contributed by atoms with E-state index in [0.717, 1.165) is 29.3 Å². The summed E-state index contributed by atoms with van der Waals surface area (Å²) in [6.07, 6.45) is 7.06. The van der Waals surface area contributed by atoms with Crippen LogP contribution in [-0.2, 0) is 4.79 Å². The number of aliphatic hydroxyl groups excluding tert-OH is 1. The fraction of sp³-hybridized carbons (Fsp3) is 0.294. The number of amides is 1. The standard InChI is InChI=1S/C17H18N2O2/c20-12-17(8-9-17)11-19-16(21)6-5-13-7-10-18-15-4-2-1-3-14(13)15/h1-7,10,20H,8-9,11-12H2,(H,19,21)/b6-5+. The average molecular weight is 282 g/mol. The number of carbonyl (C=O) groups is 1. The molecular weight excluding hydrogens is 264 g/mol. The topological polar surface area (TPSA) is 62.2 Å². The summed E-state index contributed by atoms with van der Waals surface area (Å²) in [6.45, 7) is 0.690. The highest BCUT2D eigenvalue weighted by Crippen LogP contribution is 2.44. The largest absolute Gasteiger partial charge is 0.396 e. The molecule has 0 saturated heterocycles. The second-order valence-electron chi connectivity index (χ2n) is 5.63. The molecule has 4 nitrogen and oxygen atoms in total. The minimum absolute atomic E-state index is 0.0626. The zero-order valence-corrected chi connectivity index (χ0v) is 11.7. The zero-order valence-electron chi connectivity index (χ0n) is 11.7. The van der Waals surface area contributed by atoms with Crippen molar-refractivity contribution in [3.63, 3.8) is 0 Å². The molecule has 1 amide bonds. The van der Waals surface area contributed by atoms with Crippen LogP contribution in [0.5, 0.6) is 0 Å². The predicted octanol–water partition coefficient (Wildman–Crippen LogP) is 2.14. The maximum absolute atomic E-state index is 11.8. The number of nitrogens with one attached hydrogen (secondary N) is 1. The molecule has 1 aromatic heterocycles. The number of nitrogens with zero attached hydrogens (tertiary/aromatic N) is 1. The summed E-state index contributed by atoms with van der Waals surface area (Å²) in [5.74, 6) is -0.129. The molecule has 2 aromatic rings. The Labute approximate surface area is 123 Å². The Kier molecular flexibility index (Phi) is 3.71. The van der Waals surface area contributed by atoms with Crippen LogP contribution in [0, 0.1) is 5.41 Å². The van der Waals surface area contributed by atoms with Crippen molar-refractivity contribution in [3.05, 3.63) is 48.2 Å². The normalized spacial score (nSPS) is 16.2. The van der Waals surface area contributed by atoms with Crippen molar-refractivity contribution < 1.29 is 9.90 Å². The van der Waals surface area contributed by atoms with Gasteiger partial charge in [-0.25, -0.2) is 0 Å². The number of aromatic nitrogens is 1. The number of benzene rings is 1. The van der Waals surface area contributed by atoms with Gasteiger partial charge >= 0.3 is 0 Å². The smallest absolute Gasteiger partial charge is 0.244 e. The molecule has 2 N–H and O–H groups in total. The summed E-state index contributed by atoms with van der Waals surface area (Å²) in [5.41, 5.74) is 1.82. The van der Waals surface area contributed by atoms with Crippen LogP contribution in [0.4, 0.5) is 0 Å². The van der Waals surface area contributed by atoms with Crippen LogP contribution in [0.2, 0.25) is 0 Å². The molecule has 1 aliphatic rings. The van der Waals surface area contributed by atoms with Gasteiger partial charge in [0.15, 0.2) is 0 Å². The molecule has 1 saturated carbocycles. The lowest BCUT2D eigenvalue weighted by atomic mass is 10.1. The lowest BCUT2D eigenvalue weighted by Crippen LogP contribution is -2.30. The molecule has 0 bridgehead atoms. The van der Waals surface area contributed by atoms with E-state index in [2.05, 4.69) is 10.3 Å². The lowest BCUT2D eigenvalue weighted by Gasteiger charge is -2.11. The van der Waals surface area contributed by atoms with Crippen molar-refractivity contribution >= 4 is 22.9 Å². The molecule has 0 atom stereocenters. The Bertz CT molecular complexity index is 685. The molecule has 4 heteroatoms. The number of para-hydroxylation sites is 1. The third-order valence-electron chi connectivity index (χ3n) is 4.03. The summed E-state index contributed by atoms with van der Waals surface area (Å²) in [7, 11) is 0. The van der Waals surface area contributed by atoms with E-state index in [1.54, 1.807) is 12.3 Å². The molecule has 1 aromatic carbocycles. The molecular formula is C17H18N2O2. The second kappa shape index (κ2) is 5.66. The third kappa shape index (κ3) is 3.11. The van der Waals surface area contributed by atoms with Crippen molar-refractivity contribution in [2.24, 2.45) is 5.41 Å². The molecule has 1 heterocycles. The first-order chi connectivity index (χ1) is 10.2. The fourth-order valence-electron chi connectivity index (χ4n) is 2.33. The van der Waals surface area contributed by atoms with Crippen LogP contribution >= 0.6 is 0 Å². The van der Waals surface area contributed by atoms with Gasteiger partial charge in [0.2, 0.25) is 5.91 Å². The number of fused-ring (bicyclic) bond motifs is 1. The summed E-state index contributed by atoms with van der Waals surface area (Å²) in [5, 5.41) is 13.1. The third-order valence-corrected chi connectivity index (χ3v) is 4.03. The van der Waals surface area contributed by atoms with E-state index in [4.69, 9.17) is 0 Å². The van der Waals surface area contributed by atoms with Gasteiger partial charge < -0.3 is 10.4 Å². The van der Waals surface area contributed by atoms with Gasteiger partial charge in [0, 0.05) is 29.6 Å². The molecule has 108 valence electrons. The number of carbonyl (C=O) groups excluding carboxylic acids is 1. The van der Waals surface area contributed by atoms with Gasteiger partial charge in [0.1, 0.15) is 0 Å². The van der Waals surface area contributed by atoms with Gasteiger partial charge in [0.25, 0.3) is 0 Å². The van der Waals surface area contributed by atoms with Gasteiger partial charge in [0.05, 0.1) is 12.1 Å². The molecule has 3 rings (SSSR count). The van der Waals surface area contributed by atoms with Crippen LogP contribution in [0.25, 0.3) is 17.0 Å². The van der Waals surface area contributed by atoms with E-state index in [1.807, 2.05) is 30.3 Å². The molecule has 0 aliphatic heterocycles. The van der Waals surface area contributed by atoms with Crippen molar-refractivity contribution in [1.29, 1.82) is 0 Å². The summed E-state index contributed by atoms with van der Waals surface area (Å²) in [4.78, 5) is 16.1. The van der Waals surface area contributed by atoms with Crippen LogP contribution in [0.1, 0.15) is 18.4 Å². The second-order valence-corrected chi connectivity index (χ2v) is 5.63. The monoisotopic (exact) mass is 282 g/mol. The first-order valence-electron chi connectivity index (χ1n) is 7.13. The number of hydrogen-bond donors (Lipinski definition) is 2. The van der Waals surface area contributed by atoms with Crippen LogP contribution in [0.3, 0.4) is 0 Å². The maximum atomic E-state index is 11.8. The predicted molar refractivity (Wildman–Crippen MR) is 82.5 cm³/mol. The Morgan fingerprint density at radius 1 is 1.33 bits per heavy atom. The Morgan fingerprint density at radius 2 is 2.14 bits per heavy atom. The van der Waals surface area contributed by atoms with Crippen LogP contribution in [-0.4, -0.2) is 29.1 Å². The molecule has 1 aliphatic carbocycles. The van der Waals surface area contributed by atoms with Crippen molar-refractivity contribution in [3.8, 4) is 0 Å². The van der Waals surface area contributed by atoms with Gasteiger partial charge in [-0.15, -0.1) is 0 Å². The number of aliphatic hydroxyl groups is 1. The van der Waals surface area contributed by atoms with Crippen LogP contribution in [0.15, 0.2) is 42.6 Å². The molecule has 0 unspecified atom stereocenters. The minimum Gasteiger partial charge on any atom is -0.396 e. The SMILES string of the molecule is O=C(/C=C/c1ccnc2ccccc12)NCC1(CO)CC1. The zero-order chi connectivity index (χ0) is 14.7. The molecule has 1 fully saturated rings. The quantitative estimate of drug-likeness (QED) is 0.826. The minimum atomic E-state index is -0.129. The molecule has 0 spiro atoms. The van der Waals surface area contributed by atoms with E-state index in [0.29, 0.717) is 6.54 Å². The van der Waals surface area contributed by atoms with E-state index in [1.165, 1.54) is 6.08 Å². The van der Waals surface area contributed by atoms with Gasteiger partial charge in [-0.05, 0) is 36.6 Å². The highest BCUT2D eigenvalue weighted by molar-refractivity contribution is 5.95. The van der Waals surface area contributed by atoms with Crippen LogP contribution < -0.4 is 5.32 Å². The fourth-order valence-corrected chi connectivity index (χ4v) is 2.33. The van der Waals surface area contributed by atoms with Crippen molar-refractivity contribution in [2.45, 2.75) is 12.8 Å². The van der Waals surface area contributed by atoms with Crippen molar-refractivity contribution in [1.82, 2.24) is 10.3 Å². The van der Waals surface area contributed by atoms with E-state index in [9.17, 15) is 9.90 Å². The van der Waals surface area contributed by atoms with E-state index in [-0.39, 0.29) is 17.9 Å². The van der Waals surface area contributed by atoms with Gasteiger partial charge in [-0.3, -0.25) is 9.78 Å². The average Bonchev–Trinajstić information content (AvgIpc) is 3.31. The Hall–Kier alpha value is -2.20. The Morgan fingerprint density at radius 3 is 2.90 bits per heavy atom. The first kappa shape index (κ1) is 13.8. The Balaban J connectivity index is 1.68. The highest BCUT2D eigenvalue weighted by Gasteiger charge is 2.41. The number of hydrogen-bond acceptors (Lipinski definition) is 3. The number of pyridine rings is 1. The van der Waals surface area contributed by atoms with E-state index >= 15 is 0 Å². The highest BCUT2D eigenvalue weighted by atomic mass is 16.3. The summed E-state index contributed by atoms with van der Waals surface area (Å²) in [6, 6.07) is 9.73.